The average Bonchev–Trinajstić information content (AvgIpc) is 3.36. The van der Waals surface area contributed by atoms with Crippen LogP contribution in [0, 0.1) is 0 Å². The van der Waals surface area contributed by atoms with Crippen LogP contribution in [0.4, 0.5) is 19.1 Å². The van der Waals surface area contributed by atoms with Crippen molar-refractivity contribution in [2.24, 2.45) is 5.73 Å². The van der Waals surface area contributed by atoms with Crippen molar-refractivity contribution < 1.29 is 37.1 Å². The molecule has 1 unspecified atom stereocenters. The van der Waals surface area contributed by atoms with E-state index in [1.807, 2.05) is 0 Å². The lowest BCUT2D eigenvalue weighted by atomic mass is 10.0. The minimum atomic E-state index is -4.86. The molecule has 0 spiro atoms. The normalized spacial score (nSPS) is 13.1. The molecule has 0 amide bonds. The number of halogens is 3. The summed E-state index contributed by atoms with van der Waals surface area (Å²) in [5.74, 6) is -1.20. The highest BCUT2D eigenvalue weighted by molar-refractivity contribution is 5.73. The highest BCUT2D eigenvalue weighted by Crippen LogP contribution is 2.38. The van der Waals surface area contributed by atoms with Crippen LogP contribution in [0.2, 0.25) is 0 Å². The summed E-state index contributed by atoms with van der Waals surface area (Å²) < 4.78 is 57.4. The van der Waals surface area contributed by atoms with Crippen LogP contribution < -0.4 is 20.9 Å². The maximum atomic E-state index is 14.0. The van der Waals surface area contributed by atoms with Gasteiger partial charge in [-0.1, -0.05) is 29.4 Å². The second-order valence-electron chi connectivity index (χ2n) is 8.18. The summed E-state index contributed by atoms with van der Waals surface area (Å²) in [5.41, 5.74) is 12.6. The molecule has 2 atom stereocenters. The number of methoxy groups -OCH3 is 1. The molecule has 0 aliphatic heterocycles. The van der Waals surface area contributed by atoms with Crippen LogP contribution in [0.1, 0.15) is 17.4 Å². The van der Waals surface area contributed by atoms with Gasteiger partial charge in [0.1, 0.15) is 17.5 Å². The van der Waals surface area contributed by atoms with Gasteiger partial charge in [-0.25, -0.2) is 4.98 Å². The molecule has 0 bridgehead atoms. The maximum absolute atomic E-state index is 14.0. The fourth-order valence-corrected chi connectivity index (χ4v) is 3.52. The van der Waals surface area contributed by atoms with Gasteiger partial charge in [0.15, 0.2) is 5.76 Å². The number of nitrogens with zero attached hydrogens (tertiary/aromatic N) is 3. The van der Waals surface area contributed by atoms with Gasteiger partial charge in [0.05, 0.1) is 12.8 Å². The van der Waals surface area contributed by atoms with Gasteiger partial charge >= 0.3 is 12.1 Å². The third-order valence-corrected chi connectivity index (χ3v) is 5.45. The Morgan fingerprint density at radius 1 is 1.05 bits per heavy atom. The number of carbonyl (C=O) groups is 1. The van der Waals surface area contributed by atoms with Crippen LogP contribution in [0.25, 0.3) is 22.6 Å². The number of hydrogen-bond acceptors (Lipinski definition) is 9. The molecular weight excluding hydrogens is 507 g/mol. The van der Waals surface area contributed by atoms with E-state index in [2.05, 4.69) is 15.1 Å². The number of rotatable bonds is 9. The van der Waals surface area contributed by atoms with Crippen molar-refractivity contribution in [2.75, 3.05) is 12.8 Å². The molecule has 38 heavy (non-hydrogen) atoms. The Labute approximate surface area is 214 Å². The summed E-state index contributed by atoms with van der Waals surface area (Å²) in [4.78, 5) is 18.8. The fourth-order valence-electron chi connectivity index (χ4n) is 3.52. The summed E-state index contributed by atoms with van der Waals surface area (Å²) in [6, 6.07) is 14.2. The van der Waals surface area contributed by atoms with Crippen LogP contribution in [0.15, 0.2) is 65.2 Å². The standard InChI is InChI=1S/C25H22F3N5O5/c1-36-16-8-6-15(7-9-16)20-11-19(33-38-20)22(25(26,27)28)37-21-12-18(31-24(30)32-21)14-4-2-13(3-5-14)10-17(29)23(34)35/h2-9,11-12,17,22H,10,29H2,1H3,(H,34,35)(H2,30,31,32)/t17-,22?/m0/s1. The zero-order chi connectivity index (χ0) is 27.4. The molecule has 10 nitrogen and oxygen atoms in total. The molecule has 0 saturated carbocycles. The highest BCUT2D eigenvalue weighted by Gasteiger charge is 2.45. The second-order valence-corrected chi connectivity index (χ2v) is 8.18. The van der Waals surface area contributed by atoms with E-state index < -0.39 is 35.9 Å². The number of aromatic nitrogens is 3. The smallest absolute Gasteiger partial charge is 0.431 e. The highest BCUT2D eigenvalue weighted by atomic mass is 19.4. The van der Waals surface area contributed by atoms with Crippen molar-refractivity contribution in [3.8, 4) is 34.2 Å². The van der Waals surface area contributed by atoms with E-state index in [0.717, 1.165) is 6.07 Å². The van der Waals surface area contributed by atoms with Crippen molar-refractivity contribution >= 4 is 11.9 Å². The number of hydrogen-bond donors (Lipinski definition) is 3. The van der Waals surface area contributed by atoms with E-state index in [1.54, 1.807) is 48.5 Å². The first-order chi connectivity index (χ1) is 18.0. The summed E-state index contributed by atoms with van der Waals surface area (Å²) >= 11 is 0. The first-order valence-corrected chi connectivity index (χ1v) is 11.1. The number of nitrogen functional groups attached to an aromatic ring is 1. The van der Waals surface area contributed by atoms with Crippen LogP contribution in [0.5, 0.6) is 11.6 Å². The number of alkyl halides is 3. The molecule has 0 saturated heterocycles. The van der Waals surface area contributed by atoms with E-state index in [-0.39, 0.29) is 23.8 Å². The maximum Gasteiger partial charge on any atom is 0.431 e. The van der Waals surface area contributed by atoms with Gasteiger partial charge in [-0.15, -0.1) is 0 Å². The molecule has 2 aromatic heterocycles. The van der Waals surface area contributed by atoms with Crippen LogP contribution >= 0.6 is 0 Å². The monoisotopic (exact) mass is 529 g/mol. The Balaban J connectivity index is 1.58. The van der Waals surface area contributed by atoms with Gasteiger partial charge < -0.3 is 30.6 Å². The third-order valence-electron chi connectivity index (χ3n) is 5.45. The lowest BCUT2D eigenvalue weighted by Gasteiger charge is -2.19. The number of ether oxygens (including phenoxy) is 2. The molecule has 2 aromatic carbocycles. The predicted molar refractivity (Wildman–Crippen MR) is 129 cm³/mol. The zero-order valence-corrected chi connectivity index (χ0v) is 19.8. The Morgan fingerprint density at radius 3 is 2.32 bits per heavy atom. The summed E-state index contributed by atoms with van der Waals surface area (Å²) in [7, 11) is 1.49. The minimum Gasteiger partial charge on any atom is -0.497 e. The third kappa shape index (κ3) is 6.18. The van der Waals surface area contributed by atoms with Crippen LogP contribution in [-0.2, 0) is 11.2 Å². The fraction of sp³-hybridized carbons (Fsp3) is 0.200. The molecule has 4 rings (SSSR count). The zero-order valence-electron chi connectivity index (χ0n) is 19.8. The van der Waals surface area contributed by atoms with E-state index in [1.165, 1.54) is 13.2 Å². The first-order valence-electron chi connectivity index (χ1n) is 11.1. The van der Waals surface area contributed by atoms with E-state index in [4.69, 9.17) is 30.6 Å². The van der Waals surface area contributed by atoms with Gasteiger partial charge in [-0.3, -0.25) is 4.79 Å². The van der Waals surface area contributed by atoms with Gasteiger partial charge in [-0.2, -0.15) is 18.2 Å². The molecule has 0 aliphatic carbocycles. The van der Waals surface area contributed by atoms with Crippen LogP contribution in [0.3, 0.4) is 0 Å². The van der Waals surface area contributed by atoms with Crippen LogP contribution in [-0.4, -0.2) is 45.5 Å². The number of nitrogens with two attached hydrogens (primary N) is 2. The number of carboxylic acid groups (broad SMARTS) is 1. The van der Waals surface area contributed by atoms with Gasteiger partial charge in [0.25, 0.3) is 0 Å². The van der Waals surface area contributed by atoms with E-state index in [0.29, 0.717) is 22.4 Å². The molecule has 198 valence electrons. The molecule has 0 radical (unpaired) electrons. The Bertz CT molecular complexity index is 1410. The molecule has 0 fully saturated rings. The molecule has 4 aromatic rings. The van der Waals surface area contributed by atoms with Crippen molar-refractivity contribution in [3.05, 3.63) is 71.9 Å². The number of carboxylic acids is 1. The summed E-state index contributed by atoms with van der Waals surface area (Å²) in [6.45, 7) is 0. The van der Waals surface area contributed by atoms with Crippen molar-refractivity contribution in [3.63, 3.8) is 0 Å². The number of anilines is 1. The predicted octanol–water partition coefficient (Wildman–Crippen LogP) is 4.03. The molecule has 2 heterocycles. The molecule has 0 aliphatic rings. The Hall–Kier alpha value is -4.65. The minimum absolute atomic E-state index is 0.0966. The average molecular weight is 529 g/mol. The lowest BCUT2D eigenvalue weighted by Crippen LogP contribution is -2.32. The van der Waals surface area contributed by atoms with E-state index in [9.17, 15) is 18.0 Å². The van der Waals surface area contributed by atoms with Crippen molar-refractivity contribution in [2.45, 2.75) is 24.7 Å². The summed E-state index contributed by atoms with van der Waals surface area (Å²) in [6.07, 6.45) is -7.27. The SMILES string of the molecule is COc1ccc(-c2cc(C(Oc3cc(-c4ccc(C[C@H](N)C(=O)O)cc4)nc(N)n3)C(F)(F)F)no2)cc1. The summed E-state index contributed by atoms with van der Waals surface area (Å²) in [5, 5.41) is 12.5. The van der Waals surface area contributed by atoms with Gasteiger partial charge in [-0.05, 0) is 36.2 Å². The molecular formula is C25H22F3N5O5. The van der Waals surface area contributed by atoms with E-state index >= 15 is 0 Å². The Kier molecular flexibility index (Phi) is 7.48. The second kappa shape index (κ2) is 10.8. The largest absolute Gasteiger partial charge is 0.497 e. The lowest BCUT2D eigenvalue weighted by molar-refractivity contribution is -0.200. The van der Waals surface area contributed by atoms with Gasteiger partial charge in [0.2, 0.25) is 17.9 Å². The number of benzene rings is 2. The topological polar surface area (TPSA) is 160 Å². The molecule has 5 N–H and O–H groups in total. The molecule has 13 heteroatoms. The van der Waals surface area contributed by atoms with Crippen molar-refractivity contribution in [1.82, 2.24) is 15.1 Å². The number of aliphatic carboxylic acids is 1. The Morgan fingerprint density at radius 2 is 1.71 bits per heavy atom. The van der Waals surface area contributed by atoms with Crippen molar-refractivity contribution in [1.29, 1.82) is 0 Å². The first kappa shape index (κ1) is 26.4. The van der Waals surface area contributed by atoms with Gasteiger partial charge in [0, 0.05) is 23.3 Å². The quantitative estimate of drug-likeness (QED) is 0.289.